The zero-order valence-electron chi connectivity index (χ0n) is 13.0. The standard InChI is InChI=1S/C19H27N/c1-4-12-20-14-16(3)15(2)13-18-10-7-9-17-8-5-6-11-19(17)18/h5-11,15-16,20H,4,12-14H2,1-3H3. The highest BCUT2D eigenvalue weighted by Gasteiger charge is 2.13. The van der Waals surface area contributed by atoms with E-state index in [0.29, 0.717) is 11.8 Å². The number of fused-ring (bicyclic) bond motifs is 1. The number of nitrogens with one attached hydrogen (secondary N) is 1. The van der Waals surface area contributed by atoms with Gasteiger partial charge in [-0.1, -0.05) is 63.2 Å². The van der Waals surface area contributed by atoms with Crippen LogP contribution in [0.1, 0.15) is 32.8 Å². The lowest BCUT2D eigenvalue weighted by atomic mass is 9.88. The summed E-state index contributed by atoms with van der Waals surface area (Å²) in [5, 5.41) is 6.31. The molecule has 2 unspecified atom stereocenters. The number of benzene rings is 2. The zero-order valence-corrected chi connectivity index (χ0v) is 13.0. The van der Waals surface area contributed by atoms with Gasteiger partial charge in [0.1, 0.15) is 0 Å². The first kappa shape index (κ1) is 15.1. The summed E-state index contributed by atoms with van der Waals surface area (Å²) in [6.07, 6.45) is 2.38. The third-order valence-electron chi connectivity index (χ3n) is 4.29. The second kappa shape index (κ2) is 7.44. The summed E-state index contributed by atoms with van der Waals surface area (Å²) in [4.78, 5) is 0. The SMILES string of the molecule is CCCNCC(C)C(C)Cc1cccc2ccccc12. The summed E-state index contributed by atoms with van der Waals surface area (Å²) in [6, 6.07) is 15.4. The first-order valence-corrected chi connectivity index (χ1v) is 7.89. The molecule has 2 atom stereocenters. The van der Waals surface area contributed by atoms with Crippen LogP contribution in [0.15, 0.2) is 42.5 Å². The van der Waals surface area contributed by atoms with Crippen LogP contribution < -0.4 is 5.32 Å². The summed E-state index contributed by atoms with van der Waals surface area (Å²) in [5.74, 6) is 1.41. The quantitative estimate of drug-likeness (QED) is 0.721. The van der Waals surface area contributed by atoms with Crippen LogP contribution in [0.25, 0.3) is 10.8 Å². The van der Waals surface area contributed by atoms with E-state index in [0.717, 1.165) is 19.5 Å². The van der Waals surface area contributed by atoms with Crippen molar-refractivity contribution in [3.05, 3.63) is 48.0 Å². The summed E-state index contributed by atoms with van der Waals surface area (Å²) >= 11 is 0. The van der Waals surface area contributed by atoms with Crippen LogP contribution in [0.5, 0.6) is 0 Å². The van der Waals surface area contributed by atoms with Gasteiger partial charge in [0.05, 0.1) is 0 Å². The molecule has 0 amide bonds. The molecule has 0 saturated carbocycles. The van der Waals surface area contributed by atoms with E-state index >= 15 is 0 Å². The Morgan fingerprint density at radius 1 is 0.950 bits per heavy atom. The average Bonchev–Trinajstić information content (AvgIpc) is 2.47. The van der Waals surface area contributed by atoms with Crippen molar-refractivity contribution in [3.8, 4) is 0 Å². The maximum atomic E-state index is 3.54. The Bertz CT molecular complexity index is 527. The highest BCUT2D eigenvalue weighted by molar-refractivity contribution is 5.85. The van der Waals surface area contributed by atoms with Crippen molar-refractivity contribution >= 4 is 10.8 Å². The van der Waals surface area contributed by atoms with E-state index in [1.165, 1.54) is 22.8 Å². The van der Waals surface area contributed by atoms with Crippen LogP contribution >= 0.6 is 0 Å². The van der Waals surface area contributed by atoms with Gasteiger partial charge in [-0.15, -0.1) is 0 Å². The largest absolute Gasteiger partial charge is 0.316 e. The molecule has 1 heteroatoms. The van der Waals surface area contributed by atoms with Crippen LogP contribution in [0, 0.1) is 11.8 Å². The fourth-order valence-electron chi connectivity index (χ4n) is 2.73. The molecule has 0 heterocycles. The van der Waals surface area contributed by atoms with Crippen molar-refractivity contribution in [2.24, 2.45) is 11.8 Å². The summed E-state index contributed by atoms with van der Waals surface area (Å²) in [6.45, 7) is 9.21. The molecule has 0 radical (unpaired) electrons. The van der Waals surface area contributed by atoms with Gasteiger partial charge in [0.2, 0.25) is 0 Å². The minimum atomic E-state index is 0.699. The molecular formula is C19H27N. The molecular weight excluding hydrogens is 242 g/mol. The van der Waals surface area contributed by atoms with Gasteiger partial charge in [0, 0.05) is 0 Å². The van der Waals surface area contributed by atoms with Crippen LogP contribution in [-0.4, -0.2) is 13.1 Å². The lowest BCUT2D eigenvalue weighted by Gasteiger charge is -2.21. The van der Waals surface area contributed by atoms with E-state index < -0.39 is 0 Å². The number of hydrogen-bond donors (Lipinski definition) is 1. The van der Waals surface area contributed by atoms with Gasteiger partial charge in [-0.05, 0) is 54.1 Å². The van der Waals surface area contributed by atoms with Crippen molar-refractivity contribution in [3.63, 3.8) is 0 Å². The van der Waals surface area contributed by atoms with Crippen molar-refractivity contribution in [1.29, 1.82) is 0 Å². The van der Waals surface area contributed by atoms with E-state index in [1.807, 2.05) is 0 Å². The van der Waals surface area contributed by atoms with Crippen LogP contribution in [-0.2, 0) is 6.42 Å². The first-order valence-electron chi connectivity index (χ1n) is 7.89. The van der Waals surface area contributed by atoms with Gasteiger partial charge in [-0.3, -0.25) is 0 Å². The summed E-state index contributed by atoms with van der Waals surface area (Å²) < 4.78 is 0. The summed E-state index contributed by atoms with van der Waals surface area (Å²) in [7, 11) is 0. The molecule has 1 N–H and O–H groups in total. The third kappa shape index (κ3) is 3.83. The maximum Gasteiger partial charge on any atom is -0.00205 e. The van der Waals surface area contributed by atoms with Crippen LogP contribution in [0.3, 0.4) is 0 Å². The molecule has 0 aliphatic rings. The Kier molecular flexibility index (Phi) is 5.60. The molecule has 108 valence electrons. The van der Waals surface area contributed by atoms with Crippen LogP contribution in [0.2, 0.25) is 0 Å². The molecule has 0 bridgehead atoms. The Morgan fingerprint density at radius 2 is 1.70 bits per heavy atom. The predicted octanol–water partition coefficient (Wildman–Crippen LogP) is 4.65. The molecule has 20 heavy (non-hydrogen) atoms. The van der Waals surface area contributed by atoms with Crippen molar-refractivity contribution in [2.45, 2.75) is 33.6 Å². The molecule has 1 nitrogen and oxygen atoms in total. The van der Waals surface area contributed by atoms with E-state index in [4.69, 9.17) is 0 Å². The lowest BCUT2D eigenvalue weighted by molar-refractivity contribution is 0.366. The fourth-order valence-corrected chi connectivity index (χ4v) is 2.73. The second-order valence-corrected chi connectivity index (χ2v) is 6.00. The second-order valence-electron chi connectivity index (χ2n) is 6.00. The normalized spacial score (nSPS) is 14.3. The van der Waals surface area contributed by atoms with Crippen LogP contribution in [0.4, 0.5) is 0 Å². The van der Waals surface area contributed by atoms with Gasteiger partial charge < -0.3 is 5.32 Å². The Hall–Kier alpha value is -1.34. The van der Waals surface area contributed by atoms with Gasteiger partial charge in [-0.2, -0.15) is 0 Å². The molecule has 2 aromatic carbocycles. The van der Waals surface area contributed by atoms with Crippen molar-refractivity contribution in [1.82, 2.24) is 5.32 Å². The molecule has 0 aliphatic carbocycles. The molecule has 2 rings (SSSR count). The van der Waals surface area contributed by atoms with Crippen molar-refractivity contribution in [2.75, 3.05) is 13.1 Å². The zero-order chi connectivity index (χ0) is 14.4. The van der Waals surface area contributed by atoms with Gasteiger partial charge in [0.15, 0.2) is 0 Å². The summed E-state index contributed by atoms with van der Waals surface area (Å²) in [5.41, 5.74) is 1.48. The monoisotopic (exact) mass is 269 g/mol. The highest BCUT2D eigenvalue weighted by atomic mass is 14.8. The molecule has 0 aromatic heterocycles. The number of hydrogen-bond acceptors (Lipinski definition) is 1. The molecule has 0 fully saturated rings. The average molecular weight is 269 g/mol. The van der Waals surface area contributed by atoms with E-state index in [9.17, 15) is 0 Å². The minimum absolute atomic E-state index is 0.699. The molecule has 0 aliphatic heterocycles. The molecule has 2 aromatic rings. The lowest BCUT2D eigenvalue weighted by Crippen LogP contribution is -2.26. The Balaban J connectivity index is 2.04. The number of rotatable bonds is 7. The molecule has 0 saturated heterocycles. The van der Waals surface area contributed by atoms with Gasteiger partial charge in [-0.25, -0.2) is 0 Å². The topological polar surface area (TPSA) is 12.0 Å². The smallest absolute Gasteiger partial charge is 0.00205 e. The minimum Gasteiger partial charge on any atom is -0.316 e. The molecule has 0 spiro atoms. The van der Waals surface area contributed by atoms with E-state index in [-0.39, 0.29) is 0 Å². The first-order chi connectivity index (χ1) is 9.72. The van der Waals surface area contributed by atoms with E-state index in [1.54, 1.807) is 0 Å². The predicted molar refractivity (Wildman–Crippen MR) is 89.1 cm³/mol. The maximum absolute atomic E-state index is 3.54. The third-order valence-corrected chi connectivity index (χ3v) is 4.29. The Labute approximate surface area is 123 Å². The Morgan fingerprint density at radius 3 is 2.50 bits per heavy atom. The fraction of sp³-hybridized carbons (Fsp3) is 0.474. The highest BCUT2D eigenvalue weighted by Crippen LogP contribution is 2.23. The van der Waals surface area contributed by atoms with E-state index in [2.05, 4.69) is 68.6 Å². The van der Waals surface area contributed by atoms with Crippen molar-refractivity contribution < 1.29 is 0 Å². The van der Waals surface area contributed by atoms with Gasteiger partial charge in [0.25, 0.3) is 0 Å². The van der Waals surface area contributed by atoms with Gasteiger partial charge >= 0.3 is 0 Å².